The zero-order valence-electron chi connectivity index (χ0n) is 23.5. The molecule has 0 N–H and O–H groups in total. The normalized spacial score (nSPS) is 13.7. The van der Waals surface area contributed by atoms with Gasteiger partial charge in [-0.15, -0.1) is 0 Å². The zero-order valence-corrected chi connectivity index (χ0v) is 24.3. The number of nitriles is 1. The van der Waals surface area contributed by atoms with E-state index in [1.165, 1.54) is 23.5 Å². The van der Waals surface area contributed by atoms with Gasteiger partial charge < -0.3 is 19.4 Å². The molecule has 2 aromatic carbocycles. The first kappa shape index (κ1) is 28.1. The van der Waals surface area contributed by atoms with Crippen LogP contribution in [0.5, 0.6) is 0 Å². The van der Waals surface area contributed by atoms with Crippen LogP contribution >= 0.6 is 11.3 Å². The van der Waals surface area contributed by atoms with E-state index in [1.54, 1.807) is 29.3 Å². The van der Waals surface area contributed by atoms with E-state index in [-0.39, 0.29) is 11.9 Å². The third kappa shape index (κ3) is 5.86. The Hall–Kier alpha value is -4.49. The molecule has 3 heterocycles. The quantitative estimate of drug-likeness (QED) is 0.260. The molecule has 1 saturated heterocycles. The molecule has 41 heavy (non-hydrogen) atoms. The van der Waals surface area contributed by atoms with Crippen molar-refractivity contribution in [3.8, 4) is 17.3 Å². The van der Waals surface area contributed by atoms with Crippen molar-refractivity contribution in [2.75, 3.05) is 43.0 Å². The summed E-state index contributed by atoms with van der Waals surface area (Å²) in [6, 6.07) is 14.3. The fraction of sp³-hybridized carbons (Fsp3) is 0.290. The predicted octanol–water partition coefficient (Wildman–Crippen LogP) is 6.84. The lowest BCUT2D eigenvalue weighted by Crippen LogP contribution is -2.50. The van der Waals surface area contributed by atoms with Crippen LogP contribution in [0.25, 0.3) is 28.2 Å². The highest BCUT2D eigenvalue weighted by atomic mass is 32.1. The Kier molecular flexibility index (Phi) is 7.65. The summed E-state index contributed by atoms with van der Waals surface area (Å²) in [6.07, 6.45) is 3.24. The second-order valence-corrected chi connectivity index (χ2v) is 11.8. The van der Waals surface area contributed by atoms with Gasteiger partial charge in [-0.25, -0.2) is 14.2 Å². The SMILES string of the molecule is C=Cc1cnc2ccc(N3CCN(C(=O)OC(C)(C)C)CC3)cc2c1N(C)c1nc(-c2ccc(F)cc2)c(C#N)s1. The lowest BCUT2D eigenvalue weighted by atomic mass is 10.1. The average molecular weight is 571 g/mol. The fourth-order valence-electron chi connectivity index (χ4n) is 4.80. The second-order valence-electron chi connectivity index (χ2n) is 10.8. The molecule has 0 radical (unpaired) electrons. The van der Waals surface area contributed by atoms with Crippen molar-refractivity contribution in [1.29, 1.82) is 5.26 Å². The Morgan fingerprint density at radius 2 is 1.88 bits per heavy atom. The first-order chi connectivity index (χ1) is 19.6. The summed E-state index contributed by atoms with van der Waals surface area (Å²) in [7, 11) is 1.91. The van der Waals surface area contributed by atoms with Gasteiger partial charge in [-0.2, -0.15) is 5.26 Å². The number of anilines is 3. The minimum Gasteiger partial charge on any atom is -0.444 e. The lowest BCUT2D eigenvalue weighted by molar-refractivity contribution is 0.0240. The smallest absolute Gasteiger partial charge is 0.410 e. The van der Waals surface area contributed by atoms with Crippen molar-refractivity contribution >= 4 is 50.9 Å². The van der Waals surface area contributed by atoms with Crippen molar-refractivity contribution in [3.63, 3.8) is 0 Å². The number of pyridine rings is 1. The number of amides is 1. The molecule has 1 amide bonds. The van der Waals surface area contributed by atoms with E-state index in [4.69, 9.17) is 9.72 Å². The van der Waals surface area contributed by atoms with Gasteiger partial charge in [-0.1, -0.05) is 24.0 Å². The van der Waals surface area contributed by atoms with E-state index in [2.05, 4.69) is 28.6 Å². The molecule has 1 aliphatic heterocycles. The maximum absolute atomic E-state index is 13.5. The maximum atomic E-state index is 13.5. The first-order valence-corrected chi connectivity index (χ1v) is 14.1. The zero-order chi connectivity index (χ0) is 29.3. The maximum Gasteiger partial charge on any atom is 0.410 e. The predicted molar refractivity (Wildman–Crippen MR) is 162 cm³/mol. The largest absolute Gasteiger partial charge is 0.444 e. The molecule has 8 nitrogen and oxygen atoms in total. The molecule has 10 heteroatoms. The monoisotopic (exact) mass is 570 g/mol. The molecule has 4 aromatic rings. The molecule has 0 bridgehead atoms. The van der Waals surface area contributed by atoms with Crippen molar-refractivity contribution < 1.29 is 13.9 Å². The number of benzene rings is 2. The summed E-state index contributed by atoms with van der Waals surface area (Å²) in [5.41, 5.74) is 4.17. The van der Waals surface area contributed by atoms with Crippen molar-refractivity contribution in [3.05, 3.63) is 71.5 Å². The number of aromatic nitrogens is 2. The highest BCUT2D eigenvalue weighted by Gasteiger charge is 2.27. The fourth-order valence-corrected chi connectivity index (χ4v) is 5.66. The third-order valence-corrected chi connectivity index (χ3v) is 7.86. The Morgan fingerprint density at radius 3 is 2.51 bits per heavy atom. The molecule has 0 saturated carbocycles. The van der Waals surface area contributed by atoms with Crippen LogP contribution < -0.4 is 9.80 Å². The van der Waals surface area contributed by atoms with Crippen LogP contribution in [0, 0.1) is 17.1 Å². The topological polar surface area (TPSA) is 85.6 Å². The number of hydrogen-bond donors (Lipinski definition) is 0. The van der Waals surface area contributed by atoms with Crippen molar-refractivity contribution in [1.82, 2.24) is 14.9 Å². The number of halogens is 1. The number of nitrogens with zero attached hydrogens (tertiary/aromatic N) is 6. The van der Waals surface area contributed by atoms with Gasteiger partial charge in [0.25, 0.3) is 0 Å². The molecule has 0 spiro atoms. The van der Waals surface area contributed by atoms with Crippen LogP contribution in [-0.2, 0) is 4.74 Å². The molecule has 1 aliphatic rings. The van der Waals surface area contributed by atoms with Crippen LogP contribution in [-0.4, -0.2) is 59.8 Å². The second kappa shape index (κ2) is 11.2. The lowest BCUT2D eigenvalue weighted by Gasteiger charge is -2.37. The molecule has 0 unspecified atom stereocenters. The average Bonchev–Trinajstić information content (AvgIpc) is 3.40. The van der Waals surface area contributed by atoms with Gasteiger partial charge >= 0.3 is 6.09 Å². The van der Waals surface area contributed by atoms with Crippen LogP contribution in [0.2, 0.25) is 0 Å². The number of carbonyl (C=O) groups excluding carboxylic acids is 1. The summed E-state index contributed by atoms with van der Waals surface area (Å²) >= 11 is 1.27. The van der Waals surface area contributed by atoms with Crippen molar-refractivity contribution in [2.24, 2.45) is 0 Å². The Balaban J connectivity index is 1.47. The molecule has 210 valence electrons. The van der Waals surface area contributed by atoms with Gasteiger partial charge in [0, 0.05) is 61.6 Å². The summed E-state index contributed by atoms with van der Waals surface area (Å²) in [6.45, 7) is 12.1. The Bertz CT molecular complexity index is 1650. The highest BCUT2D eigenvalue weighted by Crippen LogP contribution is 2.40. The van der Waals surface area contributed by atoms with Crippen LogP contribution in [0.15, 0.2) is 55.2 Å². The van der Waals surface area contributed by atoms with E-state index in [9.17, 15) is 14.4 Å². The van der Waals surface area contributed by atoms with Gasteiger partial charge in [-0.3, -0.25) is 4.98 Å². The summed E-state index contributed by atoms with van der Waals surface area (Å²) in [4.78, 5) is 28.3. The van der Waals surface area contributed by atoms with Gasteiger partial charge in [0.05, 0.1) is 11.2 Å². The summed E-state index contributed by atoms with van der Waals surface area (Å²) < 4.78 is 19.1. The number of thiazole rings is 1. The minimum absolute atomic E-state index is 0.292. The highest BCUT2D eigenvalue weighted by molar-refractivity contribution is 7.16. The number of rotatable bonds is 5. The Morgan fingerprint density at radius 1 is 1.17 bits per heavy atom. The molecule has 0 atom stereocenters. The number of piperazine rings is 1. The van der Waals surface area contributed by atoms with Crippen molar-refractivity contribution in [2.45, 2.75) is 26.4 Å². The first-order valence-electron chi connectivity index (χ1n) is 13.3. The van der Waals surface area contributed by atoms with Gasteiger partial charge in [0.2, 0.25) is 0 Å². The van der Waals surface area contributed by atoms with E-state index in [1.807, 2.05) is 44.9 Å². The van der Waals surface area contributed by atoms with E-state index in [0.29, 0.717) is 47.4 Å². The standard InChI is InChI=1S/C31H31FN6O2S/c1-6-20-19-34-25-12-11-23(37-13-15-38(16-14-37)30(39)40-31(2,3)4)17-24(25)28(20)36(5)29-35-27(26(18-33)41-29)21-7-9-22(32)10-8-21/h6-12,17,19H,1,13-16H2,2-5H3. The summed E-state index contributed by atoms with van der Waals surface area (Å²) in [5, 5.41) is 11.4. The van der Waals surface area contributed by atoms with Crippen LogP contribution in [0.3, 0.4) is 0 Å². The third-order valence-electron chi connectivity index (χ3n) is 6.83. The van der Waals surface area contributed by atoms with E-state index < -0.39 is 5.60 Å². The minimum atomic E-state index is -0.532. The molecule has 1 fully saturated rings. The van der Waals surface area contributed by atoms with E-state index >= 15 is 0 Å². The van der Waals surface area contributed by atoms with Crippen LogP contribution in [0.1, 0.15) is 31.2 Å². The molecule has 2 aromatic heterocycles. The number of hydrogen-bond acceptors (Lipinski definition) is 8. The van der Waals surface area contributed by atoms with Gasteiger partial charge in [0.15, 0.2) is 5.13 Å². The summed E-state index contributed by atoms with van der Waals surface area (Å²) in [5.74, 6) is -0.347. The van der Waals surface area contributed by atoms with Gasteiger partial charge in [0.1, 0.15) is 28.1 Å². The number of carbonyl (C=O) groups is 1. The van der Waals surface area contributed by atoms with E-state index in [0.717, 1.165) is 27.8 Å². The Labute approximate surface area is 242 Å². The molecule has 5 rings (SSSR count). The van der Waals surface area contributed by atoms with Crippen LogP contribution in [0.4, 0.5) is 25.7 Å². The number of fused-ring (bicyclic) bond motifs is 1. The molecular weight excluding hydrogens is 539 g/mol. The molecule has 0 aliphatic carbocycles. The van der Waals surface area contributed by atoms with Gasteiger partial charge in [-0.05, 0) is 63.2 Å². The number of ether oxygens (including phenoxy) is 1. The molecular formula is C31H31FN6O2S.